The largest absolute Gasteiger partial charge is 0.462 e. The quantitative estimate of drug-likeness (QED) is 0.252. The van der Waals surface area contributed by atoms with Gasteiger partial charge in [-0.2, -0.15) is 5.10 Å². The van der Waals surface area contributed by atoms with E-state index in [2.05, 4.69) is 10.1 Å². The van der Waals surface area contributed by atoms with Crippen LogP contribution in [-0.2, 0) is 23.1 Å². The van der Waals surface area contributed by atoms with Gasteiger partial charge >= 0.3 is 11.9 Å². The van der Waals surface area contributed by atoms with E-state index in [1.165, 1.54) is 21.8 Å². The highest BCUT2D eigenvalue weighted by atomic mass is 16.5. The summed E-state index contributed by atoms with van der Waals surface area (Å²) < 4.78 is 19.6. The van der Waals surface area contributed by atoms with Crippen molar-refractivity contribution in [3.05, 3.63) is 77.0 Å². The Labute approximate surface area is 204 Å². The molecule has 3 heterocycles. The Morgan fingerprint density at radius 2 is 1.89 bits per heavy atom. The number of carbonyl (C=O) groups is 2. The zero-order chi connectivity index (χ0) is 25.2. The van der Waals surface area contributed by atoms with E-state index in [4.69, 9.17) is 13.9 Å². The number of furan rings is 1. The maximum Gasteiger partial charge on any atom is 0.342 e. The average Bonchev–Trinajstić information content (AvgIpc) is 3.45. The number of ether oxygens (including phenoxy) is 2. The van der Waals surface area contributed by atoms with Crippen molar-refractivity contribution >= 4 is 33.9 Å². The molecule has 36 heavy (non-hydrogen) atoms. The molecular weight excluding hydrogens is 464 g/mol. The number of aryl methyl sites for hydroxylation is 2. The summed E-state index contributed by atoms with van der Waals surface area (Å²) in [5.74, 6) is -0.454. The Morgan fingerprint density at radius 1 is 1.08 bits per heavy atom. The first kappa shape index (κ1) is 23.0. The van der Waals surface area contributed by atoms with Crippen LogP contribution in [0.4, 0.5) is 0 Å². The summed E-state index contributed by atoms with van der Waals surface area (Å²) in [6.07, 6.45) is 2.77. The second-order valence-corrected chi connectivity index (χ2v) is 8.02. The predicted molar refractivity (Wildman–Crippen MR) is 131 cm³/mol. The third-order valence-corrected chi connectivity index (χ3v) is 5.68. The number of benzene rings is 2. The Bertz CT molecular complexity index is 1650. The first-order chi connectivity index (χ1) is 17.5. The second kappa shape index (κ2) is 9.49. The molecule has 0 unspecified atom stereocenters. The molecule has 5 aromatic rings. The minimum absolute atomic E-state index is 0.0588. The van der Waals surface area contributed by atoms with Gasteiger partial charge in [-0.05, 0) is 25.1 Å². The van der Waals surface area contributed by atoms with Crippen LogP contribution < -0.4 is 10.3 Å². The van der Waals surface area contributed by atoms with Crippen LogP contribution >= 0.6 is 0 Å². The van der Waals surface area contributed by atoms with Gasteiger partial charge in [-0.25, -0.2) is 9.78 Å². The number of aromatic nitrogens is 4. The van der Waals surface area contributed by atoms with Gasteiger partial charge in [0.15, 0.2) is 5.65 Å². The SMILES string of the molecule is CCOC(=O)c1c(-c2ccccc2)oc2ccc(OC(=O)CCn3cnc4c(cnn4C)c3=O)cc12. The van der Waals surface area contributed by atoms with Crippen molar-refractivity contribution in [3.63, 3.8) is 0 Å². The minimum atomic E-state index is -0.544. The first-order valence-corrected chi connectivity index (χ1v) is 11.3. The molecule has 182 valence electrons. The fourth-order valence-electron chi connectivity index (χ4n) is 3.96. The molecule has 10 heteroatoms. The monoisotopic (exact) mass is 486 g/mol. The molecule has 0 amide bonds. The molecule has 0 bridgehead atoms. The van der Waals surface area contributed by atoms with Crippen LogP contribution in [0.3, 0.4) is 0 Å². The van der Waals surface area contributed by atoms with E-state index < -0.39 is 11.9 Å². The highest BCUT2D eigenvalue weighted by Crippen LogP contribution is 2.36. The Kier molecular flexibility index (Phi) is 6.07. The van der Waals surface area contributed by atoms with Gasteiger partial charge in [-0.3, -0.25) is 18.8 Å². The van der Waals surface area contributed by atoms with Crippen LogP contribution in [0.15, 0.2) is 70.3 Å². The van der Waals surface area contributed by atoms with Gasteiger partial charge in [0, 0.05) is 24.5 Å². The lowest BCUT2D eigenvalue weighted by molar-refractivity contribution is -0.134. The van der Waals surface area contributed by atoms with Gasteiger partial charge < -0.3 is 13.9 Å². The summed E-state index contributed by atoms with van der Waals surface area (Å²) in [5.41, 5.74) is 1.63. The van der Waals surface area contributed by atoms with Crippen LogP contribution in [0.5, 0.6) is 5.75 Å². The summed E-state index contributed by atoms with van der Waals surface area (Å²) in [7, 11) is 1.70. The van der Waals surface area contributed by atoms with Crippen molar-refractivity contribution in [2.75, 3.05) is 6.61 Å². The number of nitrogens with zero attached hydrogens (tertiary/aromatic N) is 4. The first-order valence-electron chi connectivity index (χ1n) is 11.3. The lowest BCUT2D eigenvalue weighted by atomic mass is 10.1. The normalized spacial score (nSPS) is 11.2. The molecule has 10 nitrogen and oxygen atoms in total. The van der Waals surface area contributed by atoms with Gasteiger partial charge in [0.2, 0.25) is 0 Å². The number of hydrogen-bond donors (Lipinski definition) is 0. The Morgan fingerprint density at radius 3 is 2.67 bits per heavy atom. The average molecular weight is 486 g/mol. The molecule has 3 aromatic heterocycles. The zero-order valence-electron chi connectivity index (χ0n) is 19.6. The second-order valence-electron chi connectivity index (χ2n) is 8.02. The summed E-state index contributed by atoms with van der Waals surface area (Å²) in [6, 6.07) is 14.0. The molecule has 0 aliphatic heterocycles. The molecule has 0 aliphatic rings. The molecule has 0 spiro atoms. The number of esters is 2. The standard InChI is InChI=1S/C26H22N4O6/c1-3-34-26(33)22-18-13-17(9-10-20(18)36-23(22)16-7-5-4-6-8-16)35-21(31)11-12-30-15-27-24-19(25(30)32)14-28-29(24)2/h4-10,13-15H,3,11-12H2,1-2H3. The molecule has 0 aliphatic carbocycles. The zero-order valence-corrected chi connectivity index (χ0v) is 19.6. The van der Waals surface area contributed by atoms with Crippen molar-refractivity contribution < 1.29 is 23.5 Å². The fourth-order valence-corrected chi connectivity index (χ4v) is 3.96. The molecule has 0 saturated heterocycles. The maximum absolute atomic E-state index is 12.8. The third kappa shape index (κ3) is 4.24. The van der Waals surface area contributed by atoms with Crippen molar-refractivity contribution in [1.29, 1.82) is 0 Å². The summed E-state index contributed by atoms with van der Waals surface area (Å²) in [4.78, 5) is 42.2. The topological polar surface area (TPSA) is 118 Å². The lowest BCUT2D eigenvalue weighted by Crippen LogP contribution is -2.23. The van der Waals surface area contributed by atoms with Gasteiger partial charge in [0.25, 0.3) is 5.56 Å². The Balaban J connectivity index is 1.39. The highest BCUT2D eigenvalue weighted by molar-refractivity contribution is 6.09. The molecular formula is C26H22N4O6. The Hall–Kier alpha value is -4.73. The van der Waals surface area contributed by atoms with E-state index in [9.17, 15) is 14.4 Å². The molecule has 0 N–H and O–H groups in total. The van der Waals surface area contributed by atoms with Crippen molar-refractivity contribution in [1.82, 2.24) is 19.3 Å². The van der Waals surface area contributed by atoms with Gasteiger partial charge in [0.1, 0.15) is 28.0 Å². The van der Waals surface area contributed by atoms with E-state index in [-0.39, 0.29) is 36.4 Å². The van der Waals surface area contributed by atoms with E-state index in [0.717, 1.165) is 5.56 Å². The molecule has 2 aromatic carbocycles. The van der Waals surface area contributed by atoms with Crippen molar-refractivity contribution in [3.8, 4) is 17.1 Å². The maximum atomic E-state index is 12.8. The lowest BCUT2D eigenvalue weighted by Gasteiger charge is -2.07. The molecule has 0 fully saturated rings. The number of carbonyl (C=O) groups excluding carboxylic acids is 2. The summed E-state index contributed by atoms with van der Waals surface area (Å²) in [5, 5.41) is 4.88. The molecule has 0 radical (unpaired) electrons. The van der Waals surface area contributed by atoms with E-state index in [1.807, 2.05) is 30.3 Å². The van der Waals surface area contributed by atoms with E-state index in [1.54, 1.807) is 32.2 Å². The van der Waals surface area contributed by atoms with Crippen LogP contribution in [0, 0.1) is 0 Å². The minimum Gasteiger partial charge on any atom is -0.462 e. The van der Waals surface area contributed by atoms with Gasteiger partial charge in [-0.15, -0.1) is 0 Å². The van der Waals surface area contributed by atoms with E-state index in [0.29, 0.717) is 27.8 Å². The number of fused-ring (bicyclic) bond motifs is 2. The molecule has 5 rings (SSSR count). The van der Waals surface area contributed by atoms with Crippen LogP contribution in [0.2, 0.25) is 0 Å². The van der Waals surface area contributed by atoms with Gasteiger partial charge in [0.05, 0.1) is 25.6 Å². The predicted octanol–water partition coefficient (Wildman–Crippen LogP) is 3.72. The van der Waals surface area contributed by atoms with E-state index >= 15 is 0 Å². The summed E-state index contributed by atoms with van der Waals surface area (Å²) in [6.45, 7) is 2.02. The highest BCUT2D eigenvalue weighted by Gasteiger charge is 2.24. The molecule has 0 saturated carbocycles. The van der Waals surface area contributed by atoms with Crippen molar-refractivity contribution in [2.24, 2.45) is 7.05 Å². The smallest absolute Gasteiger partial charge is 0.342 e. The van der Waals surface area contributed by atoms with Crippen LogP contribution in [0.25, 0.3) is 33.3 Å². The summed E-state index contributed by atoms with van der Waals surface area (Å²) >= 11 is 0. The van der Waals surface area contributed by atoms with Crippen molar-refractivity contribution in [2.45, 2.75) is 19.9 Å². The number of rotatable bonds is 7. The van der Waals surface area contributed by atoms with Crippen LogP contribution in [-0.4, -0.2) is 37.9 Å². The molecule has 0 atom stereocenters. The number of hydrogen-bond acceptors (Lipinski definition) is 8. The third-order valence-electron chi connectivity index (χ3n) is 5.68. The van der Waals surface area contributed by atoms with Crippen LogP contribution in [0.1, 0.15) is 23.7 Å². The fraction of sp³-hybridized carbons (Fsp3) is 0.192. The van der Waals surface area contributed by atoms with Gasteiger partial charge in [-0.1, -0.05) is 30.3 Å².